The summed E-state index contributed by atoms with van der Waals surface area (Å²) in [7, 11) is 0. The maximum Gasteiger partial charge on any atom is 0.359 e. The molecular weight excluding hydrogens is 424 g/mol. The average Bonchev–Trinajstić information content (AvgIpc) is 3.51. The van der Waals surface area contributed by atoms with E-state index in [1.807, 2.05) is 47.0 Å². The highest BCUT2D eigenvalue weighted by Gasteiger charge is 2.45. The first-order valence-corrected chi connectivity index (χ1v) is 11.5. The summed E-state index contributed by atoms with van der Waals surface area (Å²) < 4.78 is 7.42. The number of carbonyl (C=O) groups is 1. The Labute approximate surface area is 195 Å². The van der Waals surface area contributed by atoms with Crippen LogP contribution in [0.2, 0.25) is 0 Å². The molecule has 1 aliphatic carbocycles. The highest BCUT2D eigenvalue weighted by Crippen LogP contribution is 2.38. The van der Waals surface area contributed by atoms with E-state index in [0.717, 1.165) is 63.5 Å². The van der Waals surface area contributed by atoms with E-state index in [9.17, 15) is 4.79 Å². The Morgan fingerprint density at radius 1 is 0.941 bits per heavy atom. The highest BCUT2D eigenvalue weighted by atomic mass is 16.3. The number of para-hydroxylation sites is 1. The van der Waals surface area contributed by atoms with Crippen molar-refractivity contribution < 1.29 is 13.8 Å². The van der Waals surface area contributed by atoms with Gasteiger partial charge in [0, 0.05) is 29.1 Å². The maximum atomic E-state index is 13.8. The zero-order valence-electron chi connectivity index (χ0n) is 18.4. The standard InChI is InChI=1S/C28H20N4O2/c33-28-23(16-18-7-5-15-34-18)30-27-26(21-13-14-29-22-10-4-3-9-20(21)22)31-25-19-8-2-1-6-17(19)11-12-24(25)32(27)28/h1-10,13-15,23H,11-12,16H2/p+1. The van der Waals surface area contributed by atoms with Crippen molar-refractivity contribution >= 4 is 22.6 Å². The molecule has 0 amide bonds. The predicted octanol–water partition coefficient (Wildman–Crippen LogP) is 4.62. The number of aryl methyl sites for hydroxylation is 1. The van der Waals surface area contributed by atoms with Gasteiger partial charge < -0.3 is 4.42 Å². The summed E-state index contributed by atoms with van der Waals surface area (Å²) in [5.41, 5.74) is 6.84. The van der Waals surface area contributed by atoms with Gasteiger partial charge in [-0.2, -0.15) is 4.57 Å². The van der Waals surface area contributed by atoms with Crippen molar-refractivity contribution in [2.24, 2.45) is 0 Å². The summed E-state index contributed by atoms with van der Waals surface area (Å²) in [6, 6.07) is 21.7. The van der Waals surface area contributed by atoms with Gasteiger partial charge in [-0.05, 0) is 36.2 Å². The van der Waals surface area contributed by atoms with Crippen LogP contribution in [0.4, 0.5) is 5.82 Å². The Morgan fingerprint density at radius 3 is 2.74 bits per heavy atom. The second-order valence-corrected chi connectivity index (χ2v) is 8.79. The molecular formula is C28H21N4O2+. The van der Waals surface area contributed by atoms with Crippen LogP contribution >= 0.6 is 0 Å². The quantitative estimate of drug-likeness (QED) is 0.410. The lowest BCUT2D eigenvalue weighted by molar-refractivity contribution is -0.561. The summed E-state index contributed by atoms with van der Waals surface area (Å²) in [5.74, 6) is 1.56. The van der Waals surface area contributed by atoms with Crippen LogP contribution in [0.5, 0.6) is 0 Å². The van der Waals surface area contributed by atoms with Gasteiger partial charge in [0.05, 0.1) is 18.2 Å². The van der Waals surface area contributed by atoms with E-state index in [4.69, 9.17) is 9.40 Å². The number of furan rings is 1. The van der Waals surface area contributed by atoms with Gasteiger partial charge in [-0.15, -0.1) is 0 Å². The first-order chi connectivity index (χ1) is 16.8. The Morgan fingerprint density at radius 2 is 1.82 bits per heavy atom. The number of pyridine rings is 1. The fourth-order valence-corrected chi connectivity index (χ4v) is 5.26. The molecule has 6 nitrogen and oxygen atoms in total. The molecule has 3 aromatic heterocycles. The molecule has 1 unspecified atom stereocenters. The van der Waals surface area contributed by atoms with Crippen molar-refractivity contribution in [3.05, 3.63) is 96.2 Å². The van der Waals surface area contributed by atoms with Crippen LogP contribution in [0.15, 0.2) is 83.6 Å². The molecule has 0 radical (unpaired) electrons. The van der Waals surface area contributed by atoms with Gasteiger partial charge in [-0.25, -0.2) is 9.78 Å². The molecule has 7 rings (SSSR count). The van der Waals surface area contributed by atoms with Crippen molar-refractivity contribution in [1.82, 2.24) is 9.97 Å². The van der Waals surface area contributed by atoms with Gasteiger partial charge in [0.2, 0.25) is 6.04 Å². The van der Waals surface area contributed by atoms with Gasteiger partial charge in [0.15, 0.2) is 5.69 Å². The minimum Gasteiger partial charge on any atom is -0.469 e. The average molecular weight is 446 g/mol. The predicted molar refractivity (Wildman–Crippen MR) is 128 cm³/mol. The minimum atomic E-state index is -0.413. The molecule has 2 aliphatic rings. The Kier molecular flexibility index (Phi) is 4.15. The zero-order chi connectivity index (χ0) is 22.6. The van der Waals surface area contributed by atoms with Gasteiger partial charge in [-0.1, -0.05) is 42.5 Å². The minimum absolute atomic E-state index is 0.0315. The largest absolute Gasteiger partial charge is 0.469 e. The molecule has 4 heterocycles. The molecule has 2 aromatic carbocycles. The molecule has 0 fully saturated rings. The number of rotatable bonds is 3. The van der Waals surface area contributed by atoms with Crippen molar-refractivity contribution in [1.29, 1.82) is 0 Å². The number of hydrogen-bond donors (Lipinski definition) is 1. The van der Waals surface area contributed by atoms with Gasteiger partial charge in [0.1, 0.15) is 17.1 Å². The molecule has 0 saturated heterocycles. The van der Waals surface area contributed by atoms with E-state index < -0.39 is 6.04 Å². The molecule has 1 N–H and O–H groups in total. The third-order valence-corrected chi connectivity index (χ3v) is 6.84. The lowest BCUT2D eigenvalue weighted by Crippen LogP contribution is -2.48. The number of anilines is 1. The van der Waals surface area contributed by atoms with E-state index in [2.05, 4.69) is 34.6 Å². The van der Waals surface area contributed by atoms with Crippen LogP contribution < -0.4 is 9.88 Å². The van der Waals surface area contributed by atoms with E-state index in [1.54, 1.807) is 12.5 Å². The monoisotopic (exact) mass is 445 g/mol. The lowest BCUT2D eigenvalue weighted by atomic mass is 9.91. The molecule has 164 valence electrons. The van der Waals surface area contributed by atoms with Crippen molar-refractivity contribution in [3.63, 3.8) is 0 Å². The van der Waals surface area contributed by atoms with Crippen molar-refractivity contribution in [3.8, 4) is 22.5 Å². The molecule has 5 aromatic rings. The highest BCUT2D eigenvalue weighted by molar-refractivity contribution is 5.97. The van der Waals surface area contributed by atoms with Gasteiger partial charge in [-0.3, -0.25) is 10.3 Å². The fraction of sp³-hybridized carbons (Fsp3) is 0.143. The molecule has 0 bridgehead atoms. The fourth-order valence-electron chi connectivity index (χ4n) is 5.26. The second kappa shape index (κ2) is 7.35. The Bertz CT molecular complexity index is 1580. The maximum absolute atomic E-state index is 13.8. The van der Waals surface area contributed by atoms with E-state index in [-0.39, 0.29) is 5.91 Å². The molecule has 0 spiro atoms. The first kappa shape index (κ1) is 19.2. The smallest absolute Gasteiger partial charge is 0.359 e. The third-order valence-electron chi connectivity index (χ3n) is 6.84. The molecule has 6 heteroatoms. The van der Waals surface area contributed by atoms with E-state index in [0.29, 0.717) is 6.42 Å². The van der Waals surface area contributed by atoms with Gasteiger partial charge >= 0.3 is 11.7 Å². The normalized spacial score (nSPS) is 16.1. The number of aromatic nitrogens is 3. The van der Waals surface area contributed by atoms with E-state index >= 15 is 0 Å². The summed E-state index contributed by atoms with van der Waals surface area (Å²) in [4.78, 5) is 23.5. The third kappa shape index (κ3) is 2.81. The molecule has 1 aliphatic heterocycles. The van der Waals surface area contributed by atoms with Crippen LogP contribution in [-0.2, 0) is 19.3 Å². The van der Waals surface area contributed by atoms with E-state index in [1.165, 1.54) is 5.56 Å². The van der Waals surface area contributed by atoms with Crippen molar-refractivity contribution in [2.75, 3.05) is 5.32 Å². The van der Waals surface area contributed by atoms with Crippen LogP contribution in [0, 0.1) is 0 Å². The SMILES string of the molecule is O=C1C(Cc2ccco2)Nc2c(-c3ccnc4ccccc34)nc3c([n+]21)CCc1ccccc1-3. The molecule has 34 heavy (non-hydrogen) atoms. The number of hydrogen-bond acceptors (Lipinski definition) is 5. The van der Waals surface area contributed by atoms with Crippen LogP contribution in [0.25, 0.3) is 33.4 Å². The van der Waals surface area contributed by atoms with Gasteiger partial charge in [0.25, 0.3) is 0 Å². The number of carbonyl (C=O) groups excluding carboxylic acids is 1. The number of nitrogens with one attached hydrogen (secondary N) is 1. The lowest BCUT2D eigenvalue weighted by Gasteiger charge is -2.19. The Balaban J connectivity index is 1.49. The number of nitrogens with zero attached hydrogens (tertiary/aromatic N) is 3. The number of fused-ring (bicyclic) bond motifs is 6. The summed E-state index contributed by atoms with van der Waals surface area (Å²) >= 11 is 0. The molecule has 1 atom stereocenters. The van der Waals surface area contributed by atoms with Crippen LogP contribution in [-0.4, -0.2) is 21.9 Å². The van der Waals surface area contributed by atoms with Crippen LogP contribution in [0.1, 0.15) is 21.8 Å². The van der Waals surface area contributed by atoms with Crippen molar-refractivity contribution in [2.45, 2.75) is 25.3 Å². The first-order valence-electron chi connectivity index (χ1n) is 11.5. The van der Waals surface area contributed by atoms with Crippen LogP contribution in [0.3, 0.4) is 0 Å². The Hall–Kier alpha value is -4.32. The number of benzene rings is 2. The topological polar surface area (TPSA) is 71.9 Å². The summed E-state index contributed by atoms with van der Waals surface area (Å²) in [5, 5.41) is 4.51. The molecule has 0 saturated carbocycles. The summed E-state index contributed by atoms with van der Waals surface area (Å²) in [6.07, 6.45) is 5.59. The zero-order valence-corrected chi connectivity index (χ0v) is 18.4. The summed E-state index contributed by atoms with van der Waals surface area (Å²) in [6.45, 7) is 0. The second-order valence-electron chi connectivity index (χ2n) is 8.79.